The number of amides is 1. The third-order valence-electron chi connectivity index (χ3n) is 5.89. The number of aryl methyl sites for hydroxylation is 1. The second-order valence-corrected chi connectivity index (χ2v) is 7.95. The van der Waals surface area contributed by atoms with Crippen LogP contribution in [0.4, 0.5) is 0 Å². The summed E-state index contributed by atoms with van der Waals surface area (Å²) in [6, 6.07) is 15.8. The first-order valence-electron chi connectivity index (χ1n) is 10.6. The Kier molecular flexibility index (Phi) is 5.34. The fourth-order valence-corrected chi connectivity index (χ4v) is 4.36. The van der Waals surface area contributed by atoms with Gasteiger partial charge in [-0.15, -0.1) is 0 Å². The topological polar surface area (TPSA) is 105 Å². The van der Waals surface area contributed by atoms with E-state index in [1.165, 1.54) is 5.56 Å². The Morgan fingerprint density at radius 2 is 2.06 bits per heavy atom. The van der Waals surface area contributed by atoms with E-state index in [2.05, 4.69) is 33.1 Å². The molecule has 3 heterocycles. The van der Waals surface area contributed by atoms with Gasteiger partial charge in [-0.25, -0.2) is 0 Å². The van der Waals surface area contributed by atoms with Crippen LogP contribution in [0, 0.1) is 6.92 Å². The number of primary amides is 1. The molecule has 0 saturated carbocycles. The van der Waals surface area contributed by atoms with E-state index in [9.17, 15) is 4.79 Å². The maximum absolute atomic E-state index is 11.9. The minimum absolute atomic E-state index is 0.0972. The summed E-state index contributed by atoms with van der Waals surface area (Å²) in [6.07, 6.45) is 5.48. The number of aliphatic imine (C=N–C) groups is 1. The first-order valence-corrected chi connectivity index (χ1v) is 10.6. The van der Waals surface area contributed by atoms with E-state index in [1.807, 2.05) is 55.6 Å². The first-order chi connectivity index (χ1) is 15.6. The molecule has 7 nitrogen and oxygen atoms in total. The maximum atomic E-state index is 11.9. The molecule has 0 aliphatic carbocycles. The number of nitrogens with one attached hydrogen (secondary N) is 3. The summed E-state index contributed by atoms with van der Waals surface area (Å²) in [4.78, 5) is 16.4. The predicted octanol–water partition coefficient (Wildman–Crippen LogP) is 3.04. The minimum atomic E-state index is -0.503. The summed E-state index contributed by atoms with van der Waals surface area (Å²) >= 11 is 0. The molecule has 2 aliphatic rings. The van der Waals surface area contributed by atoms with Gasteiger partial charge < -0.3 is 15.5 Å². The Morgan fingerprint density at radius 1 is 1.22 bits per heavy atom. The zero-order chi connectivity index (χ0) is 22.1. The first kappa shape index (κ1) is 20.2. The number of allylic oxidation sites excluding steroid dienone is 2. The van der Waals surface area contributed by atoms with Crippen molar-refractivity contribution in [2.24, 2.45) is 10.7 Å². The molecule has 2 atom stereocenters. The molecular weight excluding hydrogens is 402 g/mol. The normalized spacial score (nSPS) is 20.2. The number of fused-ring (bicyclic) bond motifs is 1. The summed E-state index contributed by atoms with van der Waals surface area (Å²) in [5.41, 5.74) is 10.8. The van der Waals surface area contributed by atoms with E-state index in [-0.39, 0.29) is 12.3 Å². The number of hydrogen-bond acceptors (Lipinski definition) is 6. The molecule has 2 aliphatic heterocycles. The van der Waals surface area contributed by atoms with E-state index in [0.29, 0.717) is 24.2 Å². The van der Waals surface area contributed by atoms with Crippen molar-refractivity contribution in [2.75, 3.05) is 6.54 Å². The van der Waals surface area contributed by atoms with Gasteiger partial charge in [0.25, 0.3) is 5.91 Å². The third-order valence-corrected chi connectivity index (χ3v) is 5.89. The van der Waals surface area contributed by atoms with Crippen molar-refractivity contribution in [1.29, 1.82) is 0 Å². The van der Waals surface area contributed by atoms with Gasteiger partial charge in [0.05, 0.1) is 18.3 Å². The van der Waals surface area contributed by atoms with Gasteiger partial charge in [-0.2, -0.15) is 0 Å². The van der Waals surface area contributed by atoms with Gasteiger partial charge in [-0.1, -0.05) is 42.5 Å². The lowest BCUT2D eigenvalue weighted by molar-refractivity contribution is 0.100. The quantitative estimate of drug-likeness (QED) is 0.501. The highest BCUT2D eigenvalue weighted by atomic mass is 16.3. The Hall–Kier alpha value is -3.68. The molecule has 1 aromatic heterocycles. The van der Waals surface area contributed by atoms with Gasteiger partial charge in [0.1, 0.15) is 17.5 Å². The Labute approximate surface area is 186 Å². The number of carbonyl (C=O) groups excluding carboxylic acids is 1. The van der Waals surface area contributed by atoms with Crippen molar-refractivity contribution in [3.8, 4) is 0 Å². The highest BCUT2D eigenvalue weighted by molar-refractivity contribution is 6.05. The van der Waals surface area contributed by atoms with E-state index < -0.39 is 5.91 Å². The number of hydrogen-bond donors (Lipinski definition) is 4. The SMILES string of the molecule is Cc1oc2c(C(N)=O)cccc2c1C1NC2=C(CN=CC=C2)C(NCc2ccccc2)N1. The molecule has 0 fully saturated rings. The predicted molar refractivity (Wildman–Crippen MR) is 125 cm³/mol. The smallest absolute Gasteiger partial charge is 0.252 e. The summed E-state index contributed by atoms with van der Waals surface area (Å²) in [6.45, 7) is 3.22. The van der Waals surface area contributed by atoms with Crippen LogP contribution in [-0.2, 0) is 6.54 Å². The Balaban J connectivity index is 1.52. The lowest BCUT2D eigenvalue weighted by Gasteiger charge is -2.36. The Bertz CT molecular complexity index is 1260. The molecule has 2 unspecified atom stereocenters. The van der Waals surface area contributed by atoms with E-state index in [1.54, 1.807) is 6.07 Å². The van der Waals surface area contributed by atoms with Crippen molar-refractivity contribution >= 4 is 23.1 Å². The molecule has 7 heteroatoms. The van der Waals surface area contributed by atoms with Gasteiger partial charge in [0, 0.05) is 35.0 Å². The molecule has 0 bridgehead atoms. The average Bonchev–Trinajstić information content (AvgIpc) is 2.96. The fraction of sp³-hybridized carbons (Fsp3) is 0.200. The van der Waals surface area contributed by atoms with Gasteiger partial charge >= 0.3 is 0 Å². The number of nitrogens with two attached hydrogens (primary N) is 1. The monoisotopic (exact) mass is 427 g/mol. The van der Waals surface area contributed by atoms with Crippen LogP contribution in [0.25, 0.3) is 11.0 Å². The highest BCUT2D eigenvalue weighted by Crippen LogP contribution is 2.34. The molecule has 0 saturated heterocycles. The van der Waals surface area contributed by atoms with Crippen LogP contribution in [0.3, 0.4) is 0 Å². The zero-order valence-corrected chi connectivity index (χ0v) is 17.8. The molecule has 162 valence electrons. The van der Waals surface area contributed by atoms with Crippen molar-refractivity contribution in [2.45, 2.75) is 25.8 Å². The summed E-state index contributed by atoms with van der Waals surface area (Å²) in [5.74, 6) is 0.232. The zero-order valence-electron chi connectivity index (χ0n) is 17.8. The molecule has 5 N–H and O–H groups in total. The van der Waals surface area contributed by atoms with Crippen LogP contribution in [0.15, 0.2) is 81.4 Å². The largest absolute Gasteiger partial charge is 0.460 e. The molecule has 1 amide bonds. The number of benzene rings is 2. The third kappa shape index (κ3) is 3.72. The lowest BCUT2D eigenvalue weighted by Crippen LogP contribution is -2.53. The molecule has 2 aromatic carbocycles. The van der Waals surface area contributed by atoms with Crippen LogP contribution < -0.4 is 21.7 Å². The van der Waals surface area contributed by atoms with Crippen LogP contribution in [0.5, 0.6) is 0 Å². The number of para-hydroxylation sites is 1. The van der Waals surface area contributed by atoms with Crippen LogP contribution in [0.1, 0.15) is 33.4 Å². The standard InChI is InChI=1S/C25H25N5O2/c1-15-21(17-9-5-10-18(23(26)31)22(17)32-15)25-29-20-11-6-12-27-14-19(20)24(30-25)28-13-16-7-3-2-4-8-16/h2-12,24-25,28-30H,13-14H2,1H3,(H2,26,31). The van der Waals surface area contributed by atoms with Crippen LogP contribution in [-0.4, -0.2) is 24.8 Å². The van der Waals surface area contributed by atoms with Crippen molar-refractivity contribution in [3.05, 3.63) is 94.4 Å². The van der Waals surface area contributed by atoms with E-state index in [4.69, 9.17) is 10.2 Å². The molecule has 3 aromatic rings. The second-order valence-electron chi connectivity index (χ2n) is 7.95. The van der Waals surface area contributed by atoms with Crippen LogP contribution >= 0.6 is 0 Å². The molecule has 32 heavy (non-hydrogen) atoms. The van der Waals surface area contributed by atoms with Gasteiger partial charge in [0.15, 0.2) is 0 Å². The van der Waals surface area contributed by atoms with Gasteiger partial charge in [-0.05, 0) is 30.7 Å². The second kappa shape index (κ2) is 8.45. The summed E-state index contributed by atoms with van der Waals surface area (Å²) < 4.78 is 6.01. The maximum Gasteiger partial charge on any atom is 0.252 e. The van der Waals surface area contributed by atoms with Crippen LogP contribution in [0.2, 0.25) is 0 Å². The number of rotatable bonds is 5. The fourth-order valence-electron chi connectivity index (χ4n) is 4.36. The van der Waals surface area contributed by atoms with Gasteiger partial charge in [0.2, 0.25) is 0 Å². The molecular formula is C25H25N5O2. The molecule has 0 spiro atoms. The van der Waals surface area contributed by atoms with E-state index >= 15 is 0 Å². The van der Waals surface area contributed by atoms with Crippen molar-refractivity contribution in [3.63, 3.8) is 0 Å². The number of nitrogens with zero attached hydrogens (tertiary/aromatic N) is 1. The summed E-state index contributed by atoms with van der Waals surface area (Å²) in [7, 11) is 0. The van der Waals surface area contributed by atoms with E-state index in [0.717, 1.165) is 28.0 Å². The number of carbonyl (C=O) groups is 1. The summed E-state index contributed by atoms with van der Waals surface area (Å²) in [5, 5.41) is 11.8. The lowest BCUT2D eigenvalue weighted by atomic mass is 10.0. The van der Waals surface area contributed by atoms with Gasteiger partial charge in [-0.3, -0.25) is 20.4 Å². The number of furan rings is 1. The average molecular weight is 428 g/mol. The van der Waals surface area contributed by atoms with Crippen molar-refractivity contribution < 1.29 is 9.21 Å². The Morgan fingerprint density at radius 3 is 2.88 bits per heavy atom. The van der Waals surface area contributed by atoms with Crippen molar-refractivity contribution in [1.82, 2.24) is 16.0 Å². The molecule has 0 radical (unpaired) electrons. The highest BCUT2D eigenvalue weighted by Gasteiger charge is 2.31. The minimum Gasteiger partial charge on any atom is -0.460 e. The molecule has 5 rings (SSSR count).